The van der Waals surface area contributed by atoms with E-state index >= 15 is 0 Å². The Morgan fingerprint density at radius 3 is 2.00 bits per heavy atom. The third kappa shape index (κ3) is 4.40. The number of ether oxygens (including phenoxy) is 1. The summed E-state index contributed by atoms with van der Waals surface area (Å²) in [6, 6.07) is 0. The molecule has 7 N–H and O–H groups in total. The van der Waals surface area contributed by atoms with Gasteiger partial charge < -0.3 is 36.0 Å². The van der Waals surface area contributed by atoms with Crippen molar-refractivity contribution in [2.45, 2.75) is 24.4 Å². The van der Waals surface area contributed by atoms with E-state index in [1.807, 2.05) is 0 Å². The normalized spacial score (nSPS) is 19.0. The van der Waals surface area contributed by atoms with Gasteiger partial charge in [-0.25, -0.2) is 4.79 Å². The van der Waals surface area contributed by atoms with E-state index in [1.165, 1.54) is 0 Å². The smallest absolute Gasteiger partial charge is 0.404 e. The fourth-order valence-electron chi connectivity index (χ4n) is 0.920. The monoisotopic (exact) mass is 225 g/mol. The zero-order valence-corrected chi connectivity index (χ0v) is 7.85. The lowest BCUT2D eigenvalue weighted by atomic mass is 10.0. The van der Waals surface area contributed by atoms with E-state index in [0.29, 0.717) is 0 Å². The molecule has 15 heavy (non-hydrogen) atoms. The van der Waals surface area contributed by atoms with E-state index in [0.717, 1.165) is 0 Å². The molecule has 0 bridgehead atoms. The van der Waals surface area contributed by atoms with Gasteiger partial charge in [0.05, 0.1) is 13.2 Å². The molecule has 90 valence electrons. The Labute approximate surface area is 85.5 Å². The predicted molar refractivity (Wildman–Crippen MR) is 46.6 cm³/mol. The lowest BCUT2D eigenvalue weighted by molar-refractivity contribution is -0.124. The van der Waals surface area contributed by atoms with Crippen LogP contribution in [0.4, 0.5) is 4.79 Å². The Balaban J connectivity index is 4.35. The molecule has 0 aliphatic carbocycles. The molecule has 4 atom stereocenters. The second-order valence-corrected chi connectivity index (χ2v) is 2.89. The van der Waals surface area contributed by atoms with Crippen molar-refractivity contribution in [1.29, 1.82) is 0 Å². The highest BCUT2D eigenvalue weighted by Gasteiger charge is 2.32. The quantitative estimate of drug-likeness (QED) is 0.274. The first-order chi connectivity index (χ1) is 6.93. The highest BCUT2D eigenvalue weighted by molar-refractivity contribution is 5.64. The minimum Gasteiger partial charge on any atom is -0.441 e. The molecule has 0 aromatic heterocycles. The third-order valence-electron chi connectivity index (χ3n) is 1.76. The molecule has 0 heterocycles. The van der Waals surface area contributed by atoms with Crippen LogP contribution in [-0.4, -0.2) is 69.3 Å². The van der Waals surface area contributed by atoms with Gasteiger partial charge in [-0.1, -0.05) is 0 Å². The van der Waals surface area contributed by atoms with Crippen LogP contribution in [0.15, 0.2) is 0 Å². The largest absolute Gasteiger partial charge is 0.441 e. The lowest BCUT2D eigenvalue weighted by Crippen LogP contribution is -2.49. The Morgan fingerprint density at radius 1 is 1.13 bits per heavy atom. The van der Waals surface area contributed by atoms with Gasteiger partial charge in [0.2, 0.25) is 0 Å². The fraction of sp³-hybridized carbons (Fsp3) is 0.857. The number of aliphatic hydroxyl groups excluding tert-OH is 5. The average Bonchev–Trinajstić information content (AvgIpc) is 2.22. The Hall–Kier alpha value is -0.930. The summed E-state index contributed by atoms with van der Waals surface area (Å²) in [6.07, 6.45) is -7.81. The lowest BCUT2D eigenvalue weighted by Gasteiger charge is -2.26. The van der Waals surface area contributed by atoms with Crippen molar-refractivity contribution in [2.24, 2.45) is 5.73 Å². The van der Waals surface area contributed by atoms with E-state index < -0.39 is 43.7 Å². The molecule has 8 heteroatoms. The zero-order valence-electron chi connectivity index (χ0n) is 7.85. The number of amides is 1. The second-order valence-electron chi connectivity index (χ2n) is 2.89. The molecule has 0 aliphatic heterocycles. The van der Waals surface area contributed by atoms with E-state index in [2.05, 4.69) is 10.5 Å². The first-order valence-corrected chi connectivity index (χ1v) is 4.16. The van der Waals surface area contributed by atoms with Crippen molar-refractivity contribution in [2.75, 3.05) is 13.2 Å². The highest BCUT2D eigenvalue weighted by atomic mass is 16.6. The molecule has 1 amide bonds. The number of carbonyl (C=O) groups is 1. The van der Waals surface area contributed by atoms with E-state index in [-0.39, 0.29) is 0 Å². The molecule has 0 saturated carbocycles. The van der Waals surface area contributed by atoms with Crippen LogP contribution >= 0.6 is 0 Å². The molecular weight excluding hydrogens is 210 g/mol. The molecule has 0 saturated heterocycles. The molecule has 0 radical (unpaired) electrons. The van der Waals surface area contributed by atoms with Crippen LogP contribution in [0.3, 0.4) is 0 Å². The van der Waals surface area contributed by atoms with Crippen LogP contribution in [0, 0.1) is 0 Å². The predicted octanol–water partition coefficient (Wildman–Crippen LogP) is -3.48. The van der Waals surface area contributed by atoms with E-state index in [4.69, 9.17) is 15.3 Å². The van der Waals surface area contributed by atoms with Gasteiger partial charge >= 0.3 is 6.09 Å². The number of hydrogen-bond donors (Lipinski definition) is 6. The Morgan fingerprint density at radius 2 is 1.67 bits per heavy atom. The zero-order chi connectivity index (χ0) is 12.0. The topological polar surface area (TPSA) is 153 Å². The van der Waals surface area contributed by atoms with Crippen molar-refractivity contribution in [3.05, 3.63) is 0 Å². The van der Waals surface area contributed by atoms with Gasteiger partial charge in [-0.15, -0.1) is 0 Å². The standard InChI is InChI=1S/C7H15NO7/c8-7(14)15-4(2-10)6(13)5(12)3(11)1-9/h3-6,9-13H,1-2H2,(H2,8,14)/t3-,4+,5+,6+/m1/s1. The number of aliphatic hydroxyl groups is 5. The molecule has 0 fully saturated rings. The summed E-state index contributed by atoms with van der Waals surface area (Å²) in [5.41, 5.74) is 4.64. The second kappa shape index (κ2) is 6.53. The number of hydrogen-bond acceptors (Lipinski definition) is 7. The number of primary amides is 1. The van der Waals surface area contributed by atoms with E-state index in [1.54, 1.807) is 0 Å². The fourth-order valence-corrected chi connectivity index (χ4v) is 0.920. The molecule has 0 rings (SSSR count). The summed E-state index contributed by atoms with van der Waals surface area (Å²) in [4.78, 5) is 10.3. The average molecular weight is 225 g/mol. The van der Waals surface area contributed by atoms with Gasteiger partial charge in [-0.3, -0.25) is 0 Å². The van der Waals surface area contributed by atoms with Gasteiger partial charge in [-0.05, 0) is 0 Å². The van der Waals surface area contributed by atoms with Crippen molar-refractivity contribution in [1.82, 2.24) is 0 Å². The summed E-state index contributed by atoms with van der Waals surface area (Å²) in [5.74, 6) is 0. The van der Waals surface area contributed by atoms with Crippen LogP contribution in [0.25, 0.3) is 0 Å². The van der Waals surface area contributed by atoms with Crippen LogP contribution in [0.1, 0.15) is 0 Å². The molecule has 0 unspecified atom stereocenters. The number of carbonyl (C=O) groups excluding carboxylic acids is 1. The minimum atomic E-state index is -1.76. The summed E-state index contributed by atoms with van der Waals surface area (Å²) in [7, 11) is 0. The molecular formula is C7H15NO7. The molecule has 0 aromatic carbocycles. The first-order valence-electron chi connectivity index (χ1n) is 4.16. The summed E-state index contributed by atoms with van der Waals surface area (Å²) in [5, 5.41) is 44.6. The molecule has 8 nitrogen and oxygen atoms in total. The summed E-state index contributed by atoms with van der Waals surface area (Å²) < 4.78 is 4.26. The van der Waals surface area contributed by atoms with Gasteiger partial charge in [-0.2, -0.15) is 0 Å². The van der Waals surface area contributed by atoms with Crippen LogP contribution in [0.2, 0.25) is 0 Å². The van der Waals surface area contributed by atoms with Crippen LogP contribution < -0.4 is 5.73 Å². The number of nitrogens with two attached hydrogens (primary N) is 1. The maximum atomic E-state index is 10.3. The van der Waals surface area contributed by atoms with Crippen molar-refractivity contribution in [3.63, 3.8) is 0 Å². The number of rotatable bonds is 6. The maximum Gasteiger partial charge on any atom is 0.404 e. The van der Waals surface area contributed by atoms with Crippen molar-refractivity contribution in [3.8, 4) is 0 Å². The van der Waals surface area contributed by atoms with Gasteiger partial charge in [0.1, 0.15) is 18.3 Å². The highest BCUT2D eigenvalue weighted by Crippen LogP contribution is 2.07. The van der Waals surface area contributed by atoms with Gasteiger partial charge in [0.15, 0.2) is 6.10 Å². The van der Waals surface area contributed by atoms with E-state index in [9.17, 15) is 15.0 Å². The molecule has 0 aliphatic rings. The van der Waals surface area contributed by atoms with Gasteiger partial charge in [0.25, 0.3) is 0 Å². The van der Waals surface area contributed by atoms with Crippen molar-refractivity contribution >= 4 is 6.09 Å². The summed E-state index contributed by atoms with van der Waals surface area (Å²) >= 11 is 0. The SMILES string of the molecule is NC(=O)O[C@@H](CO)[C@H](O)[C@@H](O)[C@H](O)CO. The Kier molecular flexibility index (Phi) is 6.13. The maximum absolute atomic E-state index is 10.3. The third-order valence-corrected chi connectivity index (χ3v) is 1.76. The van der Waals surface area contributed by atoms with Gasteiger partial charge in [0, 0.05) is 0 Å². The first kappa shape index (κ1) is 14.1. The summed E-state index contributed by atoms with van der Waals surface area (Å²) in [6.45, 7) is -1.56. The Bertz CT molecular complexity index is 200. The van der Waals surface area contributed by atoms with Crippen molar-refractivity contribution < 1.29 is 35.1 Å². The molecule has 0 aromatic rings. The van der Waals surface area contributed by atoms with Crippen LogP contribution in [-0.2, 0) is 4.74 Å². The molecule has 0 spiro atoms. The minimum absolute atomic E-state index is 0.778. The van der Waals surface area contributed by atoms with Crippen LogP contribution in [0.5, 0.6) is 0 Å².